The Balaban J connectivity index is 1.67. The molecule has 1 amide bonds. The van der Waals surface area contributed by atoms with Crippen LogP contribution in [0.2, 0.25) is 0 Å². The first kappa shape index (κ1) is 25.8. The van der Waals surface area contributed by atoms with Crippen LogP contribution in [0.3, 0.4) is 0 Å². The Kier molecular flexibility index (Phi) is 6.92. The fourth-order valence-electron chi connectivity index (χ4n) is 5.02. The minimum Gasteiger partial charge on any atom is -0.385 e. The van der Waals surface area contributed by atoms with Crippen molar-refractivity contribution in [3.05, 3.63) is 58.5 Å². The Labute approximate surface area is 207 Å². The summed E-state index contributed by atoms with van der Waals surface area (Å²) in [5.74, 6) is -3.08. The molecule has 1 atom stereocenters. The van der Waals surface area contributed by atoms with E-state index >= 15 is 0 Å². The van der Waals surface area contributed by atoms with Crippen molar-refractivity contribution >= 4 is 22.8 Å². The SMILES string of the molecule is Cc1nc2ncnc(N[C@H](C)c3cccc(C(C)(F)F)c3C)c2cc1C1(O)CCN(C(=O)CF)CC1. The number of benzene rings is 1. The van der Waals surface area contributed by atoms with E-state index in [-0.39, 0.29) is 37.5 Å². The highest BCUT2D eigenvalue weighted by Crippen LogP contribution is 2.38. The Morgan fingerprint density at radius 2 is 1.94 bits per heavy atom. The lowest BCUT2D eigenvalue weighted by molar-refractivity contribution is -0.136. The molecule has 1 aromatic carbocycles. The summed E-state index contributed by atoms with van der Waals surface area (Å²) in [4.78, 5) is 26.3. The van der Waals surface area contributed by atoms with E-state index in [0.29, 0.717) is 39.2 Å². The highest BCUT2D eigenvalue weighted by Gasteiger charge is 2.37. The smallest absolute Gasteiger partial charge is 0.270 e. The Morgan fingerprint density at radius 1 is 1.25 bits per heavy atom. The minimum atomic E-state index is -2.96. The molecule has 10 heteroatoms. The van der Waals surface area contributed by atoms with Crippen LogP contribution in [0.15, 0.2) is 30.6 Å². The lowest BCUT2D eigenvalue weighted by Gasteiger charge is -2.38. The molecule has 0 radical (unpaired) electrons. The third-order valence-corrected chi connectivity index (χ3v) is 7.04. The number of pyridine rings is 1. The van der Waals surface area contributed by atoms with Crippen molar-refractivity contribution in [2.24, 2.45) is 0 Å². The molecule has 192 valence electrons. The fourth-order valence-corrected chi connectivity index (χ4v) is 5.02. The lowest BCUT2D eigenvalue weighted by Crippen LogP contribution is -2.46. The molecule has 7 nitrogen and oxygen atoms in total. The van der Waals surface area contributed by atoms with Crippen LogP contribution in [-0.4, -0.2) is 50.6 Å². The maximum Gasteiger partial charge on any atom is 0.270 e. The summed E-state index contributed by atoms with van der Waals surface area (Å²) in [6.45, 7) is 5.62. The van der Waals surface area contributed by atoms with E-state index in [1.165, 1.54) is 17.3 Å². The molecular formula is C26H30F3N5O2. The monoisotopic (exact) mass is 501 g/mol. The number of amides is 1. The summed E-state index contributed by atoms with van der Waals surface area (Å²) in [7, 11) is 0. The molecule has 3 heterocycles. The van der Waals surface area contributed by atoms with Gasteiger partial charge >= 0.3 is 0 Å². The van der Waals surface area contributed by atoms with E-state index in [9.17, 15) is 23.1 Å². The molecule has 4 rings (SSSR count). The van der Waals surface area contributed by atoms with Gasteiger partial charge in [0.2, 0.25) is 0 Å². The molecule has 0 aliphatic carbocycles. The topological polar surface area (TPSA) is 91.2 Å². The largest absolute Gasteiger partial charge is 0.385 e. The Hall–Kier alpha value is -3.27. The number of aromatic nitrogens is 3. The van der Waals surface area contributed by atoms with Crippen LogP contribution in [0.1, 0.15) is 60.7 Å². The molecule has 0 bridgehead atoms. The molecule has 1 saturated heterocycles. The van der Waals surface area contributed by atoms with E-state index < -0.39 is 24.1 Å². The van der Waals surface area contributed by atoms with Crippen LogP contribution in [0.4, 0.5) is 19.0 Å². The molecule has 1 aliphatic heterocycles. The number of carbonyl (C=O) groups excluding carboxylic acids is 1. The molecule has 2 N–H and O–H groups in total. The summed E-state index contributed by atoms with van der Waals surface area (Å²) >= 11 is 0. The van der Waals surface area contributed by atoms with Crippen LogP contribution in [0.5, 0.6) is 0 Å². The predicted molar refractivity (Wildman–Crippen MR) is 131 cm³/mol. The van der Waals surface area contributed by atoms with Gasteiger partial charge in [-0.3, -0.25) is 4.79 Å². The average Bonchev–Trinajstić information content (AvgIpc) is 2.83. The molecular weight excluding hydrogens is 471 g/mol. The maximum absolute atomic E-state index is 14.1. The highest BCUT2D eigenvalue weighted by atomic mass is 19.3. The van der Waals surface area contributed by atoms with Gasteiger partial charge in [-0.2, -0.15) is 0 Å². The third-order valence-electron chi connectivity index (χ3n) is 7.04. The van der Waals surface area contributed by atoms with Crippen LogP contribution >= 0.6 is 0 Å². The van der Waals surface area contributed by atoms with Gasteiger partial charge in [0, 0.05) is 36.8 Å². The van der Waals surface area contributed by atoms with Crippen molar-refractivity contribution in [2.75, 3.05) is 25.1 Å². The van der Waals surface area contributed by atoms with Gasteiger partial charge in [0.15, 0.2) is 12.3 Å². The number of piperidine rings is 1. The molecule has 0 unspecified atom stereocenters. The number of hydrogen-bond acceptors (Lipinski definition) is 6. The zero-order chi connectivity index (χ0) is 26.3. The summed E-state index contributed by atoms with van der Waals surface area (Å²) in [5.41, 5.74) is 1.57. The van der Waals surface area contributed by atoms with Gasteiger partial charge in [-0.1, -0.05) is 18.2 Å². The zero-order valence-electron chi connectivity index (χ0n) is 20.8. The van der Waals surface area contributed by atoms with Crippen LogP contribution < -0.4 is 5.32 Å². The van der Waals surface area contributed by atoms with Crippen LogP contribution in [0.25, 0.3) is 11.0 Å². The van der Waals surface area contributed by atoms with Gasteiger partial charge < -0.3 is 15.3 Å². The van der Waals surface area contributed by atoms with Crippen molar-refractivity contribution in [1.82, 2.24) is 19.9 Å². The molecule has 1 aliphatic rings. The second-order valence-electron chi connectivity index (χ2n) is 9.53. The first-order valence-electron chi connectivity index (χ1n) is 11.9. The highest BCUT2D eigenvalue weighted by molar-refractivity contribution is 5.87. The zero-order valence-corrected chi connectivity index (χ0v) is 20.8. The van der Waals surface area contributed by atoms with Crippen molar-refractivity contribution in [3.8, 4) is 0 Å². The number of nitrogens with zero attached hydrogens (tertiary/aromatic N) is 4. The Bertz CT molecular complexity index is 1290. The van der Waals surface area contributed by atoms with Gasteiger partial charge in [0.05, 0.1) is 17.0 Å². The average molecular weight is 502 g/mol. The number of carbonyl (C=O) groups is 1. The molecule has 3 aromatic rings. The number of fused-ring (bicyclic) bond motifs is 1. The summed E-state index contributed by atoms with van der Waals surface area (Å²) in [5, 5.41) is 15.3. The molecule has 0 saturated carbocycles. The fraction of sp³-hybridized carbons (Fsp3) is 0.462. The van der Waals surface area contributed by atoms with Crippen LogP contribution in [0, 0.1) is 13.8 Å². The van der Waals surface area contributed by atoms with Gasteiger partial charge in [0.25, 0.3) is 11.8 Å². The van der Waals surface area contributed by atoms with E-state index in [1.54, 1.807) is 32.0 Å². The van der Waals surface area contributed by atoms with E-state index in [4.69, 9.17) is 0 Å². The van der Waals surface area contributed by atoms with Crippen molar-refractivity contribution in [3.63, 3.8) is 0 Å². The summed E-state index contributed by atoms with van der Waals surface area (Å²) in [6.07, 6.45) is 1.87. The van der Waals surface area contributed by atoms with E-state index in [2.05, 4.69) is 20.3 Å². The Morgan fingerprint density at radius 3 is 2.58 bits per heavy atom. The number of aryl methyl sites for hydroxylation is 1. The second-order valence-corrected chi connectivity index (χ2v) is 9.53. The van der Waals surface area contributed by atoms with Crippen LogP contribution in [-0.2, 0) is 16.3 Å². The summed E-state index contributed by atoms with van der Waals surface area (Å²) < 4.78 is 40.9. The number of alkyl halides is 3. The quantitative estimate of drug-likeness (QED) is 0.509. The predicted octanol–water partition coefficient (Wildman–Crippen LogP) is 4.71. The number of likely N-dealkylation sites (tertiary alicyclic amines) is 1. The normalized spacial score (nSPS) is 16.7. The van der Waals surface area contributed by atoms with E-state index in [0.717, 1.165) is 6.92 Å². The van der Waals surface area contributed by atoms with Crippen molar-refractivity contribution in [2.45, 2.75) is 58.1 Å². The number of hydrogen-bond donors (Lipinski definition) is 2. The molecule has 2 aromatic heterocycles. The molecule has 0 spiro atoms. The second kappa shape index (κ2) is 9.65. The molecule has 1 fully saturated rings. The number of rotatable bonds is 6. The van der Waals surface area contributed by atoms with Gasteiger partial charge in [-0.25, -0.2) is 28.1 Å². The summed E-state index contributed by atoms with van der Waals surface area (Å²) in [6, 6.07) is 6.28. The van der Waals surface area contributed by atoms with Crippen molar-refractivity contribution in [1.29, 1.82) is 0 Å². The third kappa shape index (κ3) is 4.86. The number of aliphatic hydroxyl groups is 1. The standard InChI is InChI=1S/C26H30F3N5O2/c1-15-18(6-5-7-20(15)25(4,28)29)16(2)32-23-19-12-21(17(3)33-24(19)31-14-30-23)26(36)8-10-34(11-9-26)22(35)13-27/h5-7,12,14,16,36H,8-11,13H2,1-4H3,(H,30,31,32,33)/t16-/m1/s1. The maximum atomic E-state index is 14.1. The van der Waals surface area contributed by atoms with Crippen molar-refractivity contribution < 1.29 is 23.1 Å². The first-order valence-corrected chi connectivity index (χ1v) is 11.9. The van der Waals surface area contributed by atoms with Gasteiger partial charge in [-0.05, 0) is 50.8 Å². The lowest BCUT2D eigenvalue weighted by atomic mass is 9.83. The van der Waals surface area contributed by atoms with Gasteiger partial charge in [-0.15, -0.1) is 0 Å². The number of nitrogens with one attached hydrogen (secondary N) is 1. The van der Waals surface area contributed by atoms with Gasteiger partial charge in [0.1, 0.15) is 12.1 Å². The molecule has 36 heavy (non-hydrogen) atoms. The number of anilines is 1. The van der Waals surface area contributed by atoms with E-state index in [1.807, 2.05) is 6.92 Å². The first-order chi connectivity index (χ1) is 16.9. The number of halogens is 3. The minimum absolute atomic E-state index is 0.0272.